The van der Waals surface area contributed by atoms with Crippen LogP contribution in [0.25, 0.3) is 0 Å². The van der Waals surface area contributed by atoms with E-state index in [0.717, 1.165) is 6.34 Å². The van der Waals surface area contributed by atoms with Gasteiger partial charge in [-0.25, -0.2) is 4.39 Å². The third-order valence-corrected chi connectivity index (χ3v) is 4.67. The van der Waals surface area contributed by atoms with E-state index >= 15 is 0 Å². The summed E-state index contributed by atoms with van der Waals surface area (Å²) in [6.45, 7) is 5.69. The van der Waals surface area contributed by atoms with Crippen LogP contribution in [0.15, 0.2) is 23.4 Å². The average Bonchev–Trinajstić information content (AvgIpc) is 2.68. The maximum absolute atomic E-state index is 14.3. The molecule has 3 rings (SSSR count). The van der Waals surface area contributed by atoms with Crippen molar-refractivity contribution in [2.45, 2.75) is 0 Å². The van der Waals surface area contributed by atoms with Crippen molar-refractivity contribution >= 4 is 23.6 Å². The molecule has 0 radical (unpaired) electrons. The van der Waals surface area contributed by atoms with E-state index in [-0.39, 0.29) is 11.7 Å². The van der Waals surface area contributed by atoms with E-state index in [0.29, 0.717) is 70.4 Å². The van der Waals surface area contributed by atoms with Gasteiger partial charge >= 0.3 is 0 Å². The molecule has 2 fully saturated rings. The molecular weight excluding hydrogens is 341 g/mol. The second kappa shape index (κ2) is 8.81. The van der Waals surface area contributed by atoms with Crippen molar-refractivity contribution in [3.63, 3.8) is 0 Å². The van der Waals surface area contributed by atoms with Crippen molar-refractivity contribution in [2.75, 3.05) is 69.2 Å². The normalized spacial score (nSPS) is 19.1. The van der Waals surface area contributed by atoms with E-state index in [1.54, 1.807) is 12.1 Å². The van der Waals surface area contributed by atoms with Gasteiger partial charge in [-0.1, -0.05) is 5.16 Å². The molecule has 0 unspecified atom stereocenters. The monoisotopic (exact) mass is 365 g/mol. The number of carbonyl (C=O) groups is 1. The Morgan fingerprint density at radius 2 is 1.96 bits per heavy atom. The topological polar surface area (TPSA) is 80.6 Å². The summed E-state index contributed by atoms with van der Waals surface area (Å²) in [5.41, 5.74) is 1.05. The number of halogens is 1. The molecule has 0 aliphatic carbocycles. The van der Waals surface area contributed by atoms with Gasteiger partial charge in [0.15, 0.2) is 0 Å². The Labute approximate surface area is 151 Å². The second-order valence-corrected chi connectivity index (χ2v) is 6.31. The summed E-state index contributed by atoms with van der Waals surface area (Å²) in [7, 11) is 0. The quantitative estimate of drug-likeness (QED) is 0.345. The number of amides is 1. The number of rotatable bonds is 5. The number of carbonyl (C=O) groups excluding carboxylic acids is 1. The Morgan fingerprint density at radius 3 is 2.62 bits per heavy atom. The van der Waals surface area contributed by atoms with Crippen LogP contribution >= 0.6 is 0 Å². The highest BCUT2D eigenvalue weighted by atomic mass is 19.1. The maximum Gasteiger partial charge on any atom is 0.236 e. The highest BCUT2D eigenvalue weighted by molar-refractivity contribution is 5.78. The number of anilines is 2. The summed E-state index contributed by atoms with van der Waals surface area (Å²) in [5.74, 6) is -0.201. The van der Waals surface area contributed by atoms with Gasteiger partial charge in [-0.15, -0.1) is 0 Å². The highest BCUT2D eigenvalue weighted by Gasteiger charge is 2.24. The first-order valence-corrected chi connectivity index (χ1v) is 8.72. The van der Waals surface area contributed by atoms with Crippen LogP contribution in [-0.2, 0) is 9.53 Å². The predicted octanol–water partition coefficient (Wildman–Crippen LogP) is 0.636. The number of benzene rings is 1. The minimum atomic E-state index is -0.334. The van der Waals surface area contributed by atoms with Crippen molar-refractivity contribution in [1.29, 1.82) is 0 Å². The predicted molar refractivity (Wildman–Crippen MR) is 96.4 cm³/mol. The number of ether oxygens (including phenoxy) is 1. The van der Waals surface area contributed by atoms with Gasteiger partial charge in [-0.3, -0.25) is 9.69 Å². The van der Waals surface area contributed by atoms with E-state index in [4.69, 9.17) is 9.94 Å². The van der Waals surface area contributed by atoms with Crippen molar-refractivity contribution < 1.29 is 19.1 Å². The molecule has 1 aromatic carbocycles. The van der Waals surface area contributed by atoms with Crippen LogP contribution in [0.1, 0.15) is 0 Å². The molecular formula is C17H24FN5O3. The largest absolute Gasteiger partial charge is 0.410 e. The van der Waals surface area contributed by atoms with Crippen LogP contribution < -0.4 is 10.2 Å². The third kappa shape index (κ3) is 4.61. The molecule has 26 heavy (non-hydrogen) atoms. The number of piperazine rings is 1. The van der Waals surface area contributed by atoms with Crippen molar-refractivity contribution in [3.8, 4) is 0 Å². The zero-order chi connectivity index (χ0) is 18.4. The maximum atomic E-state index is 14.3. The van der Waals surface area contributed by atoms with Gasteiger partial charge in [0.1, 0.15) is 12.2 Å². The standard InChI is InChI=1S/C17H24FN5O3/c18-15-11-14(19-13-20-25)1-2-16(15)22-5-3-21(4-6-22)12-17(24)23-7-9-26-10-8-23/h1-2,11,13,25H,3-10,12H2,(H,19,20). The van der Waals surface area contributed by atoms with Crippen LogP contribution in [0.4, 0.5) is 15.8 Å². The van der Waals surface area contributed by atoms with Gasteiger partial charge in [0, 0.05) is 45.0 Å². The molecule has 2 aliphatic rings. The number of morpholine rings is 1. The molecule has 2 aliphatic heterocycles. The van der Waals surface area contributed by atoms with Crippen LogP contribution in [0.2, 0.25) is 0 Å². The summed E-state index contributed by atoms with van der Waals surface area (Å²) in [6.07, 6.45) is 1.08. The first-order chi connectivity index (χ1) is 12.7. The van der Waals surface area contributed by atoms with Crippen molar-refractivity contribution in [3.05, 3.63) is 24.0 Å². The molecule has 0 spiro atoms. The zero-order valence-electron chi connectivity index (χ0n) is 14.6. The zero-order valence-corrected chi connectivity index (χ0v) is 14.6. The molecule has 142 valence electrons. The van der Waals surface area contributed by atoms with Gasteiger partial charge in [0.05, 0.1) is 25.4 Å². The Hall–Kier alpha value is -2.39. The fraction of sp³-hybridized carbons (Fsp3) is 0.529. The second-order valence-electron chi connectivity index (χ2n) is 6.31. The number of nitrogens with one attached hydrogen (secondary N) is 1. The number of hydrogen-bond acceptors (Lipinski definition) is 6. The van der Waals surface area contributed by atoms with Gasteiger partial charge < -0.3 is 25.1 Å². The molecule has 2 N–H and O–H groups in total. The molecule has 0 aromatic heterocycles. The van der Waals surface area contributed by atoms with Crippen LogP contribution in [0, 0.1) is 5.82 Å². The fourth-order valence-corrected chi connectivity index (χ4v) is 3.21. The van der Waals surface area contributed by atoms with E-state index in [1.807, 2.05) is 9.80 Å². The van der Waals surface area contributed by atoms with Crippen LogP contribution in [0.3, 0.4) is 0 Å². The van der Waals surface area contributed by atoms with E-state index in [9.17, 15) is 9.18 Å². The molecule has 0 atom stereocenters. The van der Waals surface area contributed by atoms with Gasteiger partial charge in [0.25, 0.3) is 0 Å². The molecule has 2 saturated heterocycles. The lowest BCUT2D eigenvalue weighted by Crippen LogP contribution is -2.51. The third-order valence-electron chi connectivity index (χ3n) is 4.67. The molecule has 0 saturated carbocycles. The average molecular weight is 365 g/mol. The molecule has 1 aromatic rings. The summed E-state index contributed by atoms with van der Waals surface area (Å²) in [5, 5.41) is 13.9. The first-order valence-electron chi connectivity index (χ1n) is 8.72. The summed E-state index contributed by atoms with van der Waals surface area (Å²) in [6, 6.07) is 4.80. The Balaban J connectivity index is 1.51. The summed E-state index contributed by atoms with van der Waals surface area (Å²) < 4.78 is 19.6. The van der Waals surface area contributed by atoms with Crippen LogP contribution in [-0.4, -0.2) is 86.3 Å². The lowest BCUT2D eigenvalue weighted by molar-refractivity contribution is -0.136. The summed E-state index contributed by atoms with van der Waals surface area (Å²) >= 11 is 0. The van der Waals surface area contributed by atoms with Gasteiger partial charge in [-0.05, 0) is 18.2 Å². The molecule has 1 amide bonds. The van der Waals surface area contributed by atoms with Gasteiger partial charge in [0.2, 0.25) is 5.91 Å². The van der Waals surface area contributed by atoms with Crippen molar-refractivity contribution in [1.82, 2.24) is 9.80 Å². The number of oxime groups is 1. The van der Waals surface area contributed by atoms with E-state index in [1.165, 1.54) is 6.07 Å². The highest BCUT2D eigenvalue weighted by Crippen LogP contribution is 2.24. The fourth-order valence-electron chi connectivity index (χ4n) is 3.21. The number of hydrogen-bond donors (Lipinski definition) is 2. The SMILES string of the molecule is O=C(CN1CCN(c2ccc(N/C=N/O)cc2F)CC1)N1CCOCC1. The van der Waals surface area contributed by atoms with E-state index in [2.05, 4.69) is 15.4 Å². The Bertz CT molecular complexity index is 643. The molecule has 0 bridgehead atoms. The van der Waals surface area contributed by atoms with Crippen LogP contribution in [0.5, 0.6) is 0 Å². The molecule has 8 nitrogen and oxygen atoms in total. The lowest BCUT2D eigenvalue weighted by Gasteiger charge is -2.37. The molecule has 9 heteroatoms. The van der Waals surface area contributed by atoms with E-state index < -0.39 is 0 Å². The minimum Gasteiger partial charge on any atom is -0.410 e. The van der Waals surface area contributed by atoms with Crippen molar-refractivity contribution in [2.24, 2.45) is 5.16 Å². The van der Waals surface area contributed by atoms with Gasteiger partial charge in [-0.2, -0.15) is 0 Å². The minimum absolute atomic E-state index is 0.133. The lowest BCUT2D eigenvalue weighted by atomic mass is 10.2. The molecule has 2 heterocycles. The smallest absolute Gasteiger partial charge is 0.236 e. The Kier molecular flexibility index (Phi) is 6.24. The Morgan fingerprint density at radius 1 is 1.23 bits per heavy atom. The number of nitrogens with zero attached hydrogens (tertiary/aromatic N) is 4. The summed E-state index contributed by atoms with van der Waals surface area (Å²) in [4.78, 5) is 18.3. The first kappa shape index (κ1) is 18.4.